The first kappa shape index (κ1) is 14.1. The number of aromatic nitrogens is 5. The normalized spacial score (nSPS) is 10.6. The predicted molar refractivity (Wildman–Crippen MR) is 79.2 cm³/mol. The molecule has 22 heavy (non-hydrogen) atoms. The van der Waals surface area contributed by atoms with Crippen molar-refractivity contribution in [3.63, 3.8) is 0 Å². The zero-order chi connectivity index (χ0) is 15.5. The molecule has 0 saturated carbocycles. The van der Waals surface area contributed by atoms with Crippen LogP contribution in [0.5, 0.6) is 0 Å². The van der Waals surface area contributed by atoms with Crippen LogP contribution in [0.25, 0.3) is 11.4 Å². The van der Waals surface area contributed by atoms with Gasteiger partial charge in [-0.1, -0.05) is 0 Å². The molecule has 0 amide bonds. The van der Waals surface area contributed by atoms with Crippen molar-refractivity contribution >= 4 is 17.4 Å². The molecule has 0 fully saturated rings. The molecule has 0 radical (unpaired) electrons. The highest BCUT2D eigenvalue weighted by Crippen LogP contribution is 2.27. The maximum Gasteiger partial charge on any atom is 0.287 e. The van der Waals surface area contributed by atoms with Gasteiger partial charge in [0, 0.05) is 31.1 Å². The zero-order valence-corrected chi connectivity index (χ0v) is 12.3. The predicted octanol–water partition coefficient (Wildman–Crippen LogP) is 2.33. The Hall–Kier alpha value is -2.81. The average Bonchev–Trinajstić information content (AvgIpc) is 2.90. The third-order valence-corrected chi connectivity index (χ3v) is 3.89. The van der Waals surface area contributed by atoms with Gasteiger partial charge in [0.2, 0.25) is 0 Å². The van der Waals surface area contributed by atoms with Crippen molar-refractivity contribution in [3.8, 4) is 11.4 Å². The van der Waals surface area contributed by atoms with E-state index < -0.39 is 4.92 Å². The van der Waals surface area contributed by atoms with Gasteiger partial charge in [0.1, 0.15) is 11.2 Å². The van der Waals surface area contributed by atoms with Crippen LogP contribution in [0, 0.1) is 10.1 Å². The number of rotatable bonds is 4. The van der Waals surface area contributed by atoms with E-state index in [2.05, 4.69) is 20.2 Å². The molecule has 0 aromatic carbocycles. The van der Waals surface area contributed by atoms with Crippen LogP contribution in [-0.2, 0) is 7.05 Å². The molecule has 3 aromatic rings. The first-order chi connectivity index (χ1) is 10.6. The van der Waals surface area contributed by atoms with E-state index in [0.717, 1.165) is 5.56 Å². The van der Waals surface area contributed by atoms with E-state index in [1.807, 2.05) is 23.7 Å². The zero-order valence-electron chi connectivity index (χ0n) is 11.4. The van der Waals surface area contributed by atoms with Gasteiger partial charge >= 0.3 is 0 Å². The lowest BCUT2D eigenvalue weighted by Gasteiger charge is -2.03. The molecular weight excluding hydrogens is 304 g/mol. The van der Waals surface area contributed by atoms with Gasteiger partial charge in [0.05, 0.1) is 4.92 Å². The van der Waals surface area contributed by atoms with Gasteiger partial charge in [0.15, 0.2) is 11.0 Å². The van der Waals surface area contributed by atoms with Crippen LogP contribution in [0.3, 0.4) is 0 Å². The topological polar surface area (TPSA) is 99.6 Å². The Morgan fingerprint density at radius 1 is 1.18 bits per heavy atom. The molecule has 9 heteroatoms. The lowest BCUT2D eigenvalue weighted by molar-refractivity contribution is -0.385. The third-order valence-electron chi connectivity index (χ3n) is 2.90. The van der Waals surface area contributed by atoms with Crippen LogP contribution in [0.2, 0.25) is 0 Å². The Labute approximate surface area is 129 Å². The molecule has 3 rings (SSSR count). The fourth-order valence-corrected chi connectivity index (χ4v) is 2.52. The number of hydrogen-bond acceptors (Lipinski definition) is 7. The van der Waals surface area contributed by atoms with Crippen molar-refractivity contribution in [1.82, 2.24) is 24.7 Å². The van der Waals surface area contributed by atoms with Crippen molar-refractivity contribution in [3.05, 3.63) is 53.0 Å². The average molecular weight is 314 g/mol. The second-order valence-corrected chi connectivity index (χ2v) is 5.30. The number of hydrogen-bond donors (Lipinski definition) is 0. The highest BCUT2D eigenvalue weighted by atomic mass is 32.2. The molecule has 110 valence electrons. The third kappa shape index (κ3) is 2.79. The molecule has 0 atom stereocenters. The Morgan fingerprint density at radius 3 is 2.59 bits per heavy atom. The minimum Gasteiger partial charge on any atom is -0.305 e. The molecule has 3 heterocycles. The summed E-state index contributed by atoms with van der Waals surface area (Å²) in [7, 11) is 1.85. The summed E-state index contributed by atoms with van der Waals surface area (Å²) in [5.74, 6) is 0.715. The van der Waals surface area contributed by atoms with Crippen LogP contribution < -0.4 is 0 Å². The van der Waals surface area contributed by atoms with Crippen LogP contribution in [0.15, 0.2) is 53.0 Å². The van der Waals surface area contributed by atoms with Crippen molar-refractivity contribution in [2.75, 3.05) is 0 Å². The van der Waals surface area contributed by atoms with Crippen molar-refractivity contribution in [1.29, 1.82) is 0 Å². The summed E-state index contributed by atoms with van der Waals surface area (Å²) in [6.45, 7) is 0. The van der Waals surface area contributed by atoms with E-state index in [9.17, 15) is 10.1 Å². The molecule has 0 spiro atoms. The van der Waals surface area contributed by atoms with Crippen LogP contribution >= 0.6 is 11.8 Å². The molecule has 0 aliphatic carbocycles. The molecule has 0 bridgehead atoms. The minimum absolute atomic E-state index is 0.0419. The molecule has 0 unspecified atom stereocenters. The van der Waals surface area contributed by atoms with Gasteiger partial charge < -0.3 is 4.57 Å². The summed E-state index contributed by atoms with van der Waals surface area (Å²) in [4.78, 5) is 18.1. The number of nitrogens with zero attached hydrogens (tertiary/aromatic N) is 6. The van der Waals surface area contributed by atoms with Gasteiger partial charge in [-0.2, -0.15) is 0 Å². The molecule has 0 aliphatic heterocycles. The van der Waals surface area contributed by atoms with Crippen LogP contribution in [-0.4, -0.2) is 29.7 Å². The Balaban J connectivity index is 1.85. The maximum absolute atomic E-state index is 10.6. The lowest BCUT2D eigenvalue weighted by Crippen LogP contribution is -1.95. The summed E-state index contributed by atoms with van der Waals surface area (Å²) in [6.07, 6.45) is 4.60. The lowest BCUT2D eigenvalue weighted by atomic mass is 10.2. The van der Waals surface area contributed by atoms with Gasteiger partial charge in [-0.3, -0.25) is 15.1 Å². The SMILES string of the molecule is Cn1c(Sc2ccc([N+](=O)[O-])cn2)nnc1-c1ccncc1. The van der Waals surface area contributed by atoms with Gasteiger partial charge in [-0.15, -0.1) is 10.2 Å². The summed E-state index contributed by atoms with van der Waals surface area (Å²) in [6, 6.07) is 6.70. The first-order valence-electron chi connectivity index (χ1n) is 6.23. The van der Waals surface area contributed by atoms with Crippen LogP contribution in [0.4, 0.5) is 5.69 Å². The van der Waals surface area contributed by atoms with E-state index in [4.69, 9.17) is 0 Å². The van der Waals surface area contributed by atoms with Gasteiger partial charge in [-0.05, 0) is 30.0 Å². The number of nitro groups is 1. The second-order valence-electron chi connectivity index (χ2n) is 4.31. The Bertz CT molecular complexity index is 803. The second kappa shape index (κ2) is 5.90. The summed E-state index contributed by atoms with van der Waals surface area (Å²) in [5.41, 5.74) is 0.869. The van der Waals surface area contributed by atoms with E-state index in [1.165, 1.54) is 24.0 Å². The monoisotopic (exact) mass is 314 g/mol. The van der Waals surface area contributed by atoms with E-state index >= 15 is 0 Å². The highest BCUT2D eigenvalue weighted by molar-refractivity contribution is 7.99. The maximum atomic E-state index is 10.6. The molecule has 0 aliphatic rings. The molecule has 0 saturated heterocycles. The molecule has 3 aromatic heterocycles. The molecular formula is C13H10N6O2S. The first-order valence-corrected chi connectivity index (χ1v) is 7.05. The molecule has 8 nitrogen and oxygen atoms in total. The fraction of sp³-hybridized carbons (Fsp3) is 0.0769. The Morgan fingerprint density at radius 2 is 1.95 bits per heavy atom. The van der Waals surface area contributed by atoms with Crippen LogP contribution in [0.1, 0.15) is 0 Å². The fourth-order valence-electron chi connectivity index (χ4n) is 1.79. The standard InChI is InChI=1S/C13H10N6O2S/c1-18-12(9-4-6-14-7-5-9)16-17-13(18)22-11-3-2-10(8-15-11)19(20)21/h2-8H,1H3. The van der Waals surface area contributed by atoms with Gasteiger partial charge in [-0.25, -0.2) is 4.98 Å². The van der Waals surface area contributed by atoms with E-state index in [0.29, 0.717) is 16.0 Å². The highest BCUT2D eigenvalue weighted by Gasteiger charge is 2.13. The smallest absolute Gasteiger partial charge is 0.287 e. The van der Waals surface area contributed by atoms with Crippen molar-refractivity contribution in [2.24, 2.45) is 7.05 Å². The van der Waals surface area contributed by atoms with Gasteiger partial charge in [0.25, 0.3) is 5.69 Å². The van der Waals surface area contributed by atoms with E-state index in [-0.39, 0.29) is 5.69 Å². The quantitative estimate of drug-likeness (QED) is 0.538. The summed E-state index contributed by atoms with van der Waals surface area (Å²) in [5, 5.41) is 20.2. The Kier molecular flexibility index (Phi) is 3.79. The molecule has 0 N–H and O–H groups in total. The minimum atomic E-state index is -0.481. The summed E-state index contributed by atoms with van der Waals surface area (Å²) >= 11 is 1.29. The van der Waals surface area contributed by atoms with E-state index in [1.54, 1.807) is 18.5 Å². The van der Waals surface area contributed by atoms with Crippen molar-refractivity contribution < 1.29 is 4.92 Å². The number of pyridine rings is 2. The van der Waals surface area contributed by atoms with Crippen molar-refractivity contribution in [2.45, 2.75) is 10.2 Å². The summed E-state index contributed by atoms with van der Waals surface area (Å²) < 4.78 is 1.84. The largest absolute Gasteiger partial charge is 0.305 e.